The molecular weight excluding hydrogens is 369 g/mol. The van der Waals surface area contributed by atoms with Gasteiger partial charge in [-0.15, -0.1) is 0 Å². The fourth-order valence-electron chi connectivity index (χ4n) is 2.04. The molecule has 1 amide bonds. The summed E-state index contributed by atoms with van der Waals surface area (Å²) < 4.78 is 15.2. The van der Waals surface area contributed by atoms with Crippen molar-refractivity contribution in [2.75, 3.05) is 6.67 Å². The molecule has 23 heavy (non-hydrogen) atoms. The Bertz CT molecular complexity index is 743. The molecule has 1 atom stereocenters. The molecule has 0 spiro atoms. The number of aryl methyl sites for hydroxylation is 1. The molecule has 2 aromatic rings. The van der Waals surface area contributed by atoms with E-state index in [9.17, 15) is 14.0 Å². The lowest BCUT2D eigenvalue weighted by atomic mass is 10.2. The number of aromatic nitrogens is 2. The van der Waals surface area contributed by atoms with Gasteiger partial charge in [0.25, 0.3) is 5.91 Å². The summed E-state index contributed by atoms with van der Waals surface area (Å²) in [5.74, 6) is -2.05. The van der Waals surface area contributed by atoms with Crippen molar-refractivity contribution in [3.63, 3.8) is 0 Å². The van der Waals surface area contributed by atoms with Crippen molar-refractivity contribution in [1.82, 2.24) is 15.1 Å². The number of carboxylic acid groups (broad SMARTS) is 1. The molecule has 2 rings (SSSR count). The van der Waals surface area contributed by atoms with Gasteiger partial charge in [-0.1, -0.05) is 0 Å². The molecule has 0 aliphatic rings. The van der Waals surface area contributed by atoms with Gasteiger partial charge < -0.3 is 10.4 Å². The summed E-state index contributed by atoms with van der Waals surface area (Å²) in [6, 6.07) is 4.89. The highest BCUT2D eigenvalue weighted by Crippen LogP contribution is 2.23. The number of hydrogen-bond acceptors (Lipinski definition) is 3. The number of nitrogens with one attached hydrogen (secondary N) is 1. The summed E-state index contributed by atoms with van der Waals surface area (Å²) in [4.78, 5) is 22.7. The number of hydrogen-bond donors (Lipinski definition) is 2. The zero-order valence-corrected chi connectivity index (χ0v) is 14.1. The van der Waals surface area contributed by atoms with E-state index >= 15 is 0 Å². The highest BCUT2D eigenvalue weighted by atomic mass is 79.9. The lowest BCUT2D eigenvalue weighted by Gasteiger charge is -2.11. The largest absolute Gasteiger partial charge is 0.480 e. The van der Waals surface area contributed by atoms with Crippen LogP contribution in [0.25, 0.3) is 5.69 Å². The molecule has 122 valence electrons. The number of aliphatic carboxylic acids is 1. The Hall–Kier alpha value is -2.22. The number of amides is 1. The minimum absolute atomic E-state index is 0.244. The van der Waals surface area contributed by atoms with Crippen LogP contribution in [0.2, 0.25) is 0 Å². The van der Waals surface area contributed by atoms with Gasteiger partial charge in [-0.2, -0.15) is 5.10 Å². The summed E-state index contributed by atoms with van der Waals surface area (Å²) in [5, 5.41) is 15.3. The smallest absolute Gasteiger partial charge is 0.328 e. The highest BCUT2D eigenvalue weighted by Gasteiger charge is 2.20. The molecule has 2 N–H and O–H groups in total. The number of halogens is 2. The number of carbonyl (C=O) groups is 2. The number of alkyl halides is 1. The fourth-order valence-corrected chi connectivity index (χ4v) is 2.28. The van der Waals surface area contributed by atoms with Crippen LogP contribution in [0.3, 0.4) is 0 Å². The predicted molar refractivity (Wildman–Crippen MR) is 85.6 cm³/mol. The zero-order chi connectivity index (χ0) is 17.1. The Morgan fingerprint density at radius 3 is 2.39 bits per heavy atom. The van der Waals surface area contributed by atoms with Gasteiger partial charge >= 0.3 is 5.97 Å². The number of nitrogens with zero attached hydrogens (tertiary/aromatic N) is 2. The quantitative estimate of drug-likeness (QED) is 0.829. The first kappa shape index (κ1) is 17.1. The van der Waals surface area contributed by atoms with E-state index in [1.807, 2.05) is 13.8 Å². The third-order valence-corrected chi connectivity index (χ3v) is 4.48. The summed E-state index contributed by atoms with van der Waals surface area (Å²) in [5.41, 5.74) is 2.77. The van der Waals surface area contributed by atoms with Gasteiger partial charge in [-0.3, -0.25) is 4.79 Å². The van der Waals surface area contributed by atoms with Crippen molar-refractivity contribution in [3.8, 4) is 5.69 Å². The van der Waals surface area contributed by atoms with E-state index in [-0.39, 0.29) is 5.56 Å². The van der Waals surface area contributed by atoms with E-state index in [0.29, 0.717) is 0 Å². The average Bonchev–Trinajstić information content (AvgIpc) is 2.79. The lowest BCUT2D eigenvalue weighted by Crippen LogP contribution is -2.42. The molecule has 0 aliphatic heterocycles. The van der Waals surface area contributed by atoms with Gasteiger partial charge in [0.1, 0.15) is 6.67 Å². The molecule has 0 aliphatic carbocycles. The SMILES string of the molecule is Cc1nn(-c2ccc(C(=O)NC(CF)C(=O)O)cc2)c(C)c1Br. The van der Waals surface area contributed by atoms with E-state index in [1.54, 1.807) is 16.8 Å². The van der Waals surface area contributed by atoms with E-state index in [2.05, 4.69) is 26.3 Å². The first-order valence-corrected chi connectivity index (χ1v) is 7.56. The molecular formula is C15H15BrFN3O3. The van der Waals surface area contributed by atoms with Gasteiger partial charge in [0.15, 0.2) is 6.04 Å². The molecule has 0 bridgehead atoms. The fraction of sp³-hybridized carbons (Fsp3) is 0.267. The van der Waals surface area contributed by atoms with Crippen molar-refractivity contribution in [1.29, 1.82) is 0 Å². The van der Waals surface area contributed by atoms with E-state index in [1.165, 1.54) is 12.1 Å². The van der Waals surface area contributed by atoms with E-state index < -0.39 is 24.6 Å². The minimum Gasteiger partial charge on any atom is -0.480 e. The number of carbonyl (C=O) groups excluding carboxylic acids is 1. The Morgan fingerprint density at radius 1 is 1.35 bits per heavy atom. The summed E-state index contributed by atoms with van der Waals surface area (Å²) in [7, 11) is 0. The molecule has 8 heteroatoms. The molecule has 0 fully saturated rings. The Kier molecular flexibility index (Phi) is 5.15. The zero-order valence-electron chi connectivity index (χ0n) is 12.5. The second-order valence-corrected chi connectivity index (χ2v) is 5.76. The monoisotopic (exact) mass is 383 g/mol. The van der Waals surface area contributed by atoms with Crippen LogP contribution in [-0.4, -0.2) is 39.5 Å². The molecule has 0 saturated heterocycles. The van der Waals surface area contributed by atoms with Crippen LogP contribution in [-0.2, 0) is 4.79 Å². The van der Waals surface area contributed by atoms with Crippen LogP contribution >= 0.6 is 15.9 Å². The second kappa shape index (κ2) is 6.91. The number of rotatable bonds is 5. The van der Waals surface area contributed by atoms with Crippen LogP contribution in [0.1, 0.15) is 21.7 Å². The van der Waals surface area contributed by atoms with Crippen LogP contribution in [0.15, 0.2) is 28.7 Å². The highest BCUT2D eigenvalue weighted by molar-refractivity contribution is 9.10. The normalized spacial score (nSPS) is 12.0. The number of carboxylic acids is 1. The van der Waals surface area contributed by atoms with Gasteiger partial charge in [-0.05, 0) is 54.0 Å². The first-order chi connectivity index (χ1) is 10.8. The number of benzene rings is 1. The maximum absolute atomic E-state index is 12.5. The Balaban J connectivity index is 2.20. The molecule has 0 radical (unpaired) electrons. The van der Waals surface area contributed by atoms with Crippen LogP contribution in [0.4, 0.5) is 4.39 Å². The maximum atomic E-state index is 12.5. The molecule has 1 aromatic carbocycles. The van der Waals surface area contributed by atoms with Crippen molar-refractivity contribution in [2.45, 2.75) is 19.9 Å². The molecule has 6 nitrogen and oxygen atoms in total. The second-order valence-electron chi connectivity index (χ2n) is 4.96. The predicted octanol–water partition coefficient (Wildman–Crippen LogP) is 2.40. The maximum Gasteiger partial charge on any atom is 0.328 e. The van der Waals surface area contributed by atoms with Crippen molar-refractivity contribution < 1.29 is 19.1 Å². The standard InChI is InChI=1S/C15H15BrFN3O3/c1-8-13(16)9(2)20(19-8)11-5-3-10(4-6-11)14(21)18-12(7-17)15(22)23/h3-6,12H,7H2,1-2H3,(H,18,21)(H,22,23). The van der Waals surface area contributed by atoms with Crippen molar-refractivity contribution >= 4 is 27.8 Å². The molecule has 1 unspecified atom stereocenters. The summed E-state index contributed by atoms with van der Waals surface area (Å²) in [6.45, 7) is 2.61. The summed E-state index contributed by atoms with van der Waals surface area (Å²) in [6.07, 6.45) is 0. The molecule has 1 heterocycles. The molecule has 0 saturated carbocycles. The van der Waals surface area contributed by atoms with Crippen LogP contribution in [0, 0.1) is 13.8 Å². The van der Waals surface area contributed by atoms with Crippen molar-refractivity contribution in [2.24, 2.45) is 0 Å². The van der Waals surface area contributed by atoms with Gasteiger partial charge in [0.2, 0.25) is 0 Å². The van der Waals surface area contributed by atoms with Gasteiger partial charge in [0, 0.05) is 5.56 Å². The third-order valence-electron chi connectivity index (χ3n) is 3.33. The Labute approximate surface area is 140 Å². The molecule has 1 aromatic heterocycles. The van der Waals surface area contributed by atoms with Crippen molar-refractivity contribution in [3.05, 3.63) is 45.7 Å². The summed E-state index contributed by atoms with van der Waals surface area (Å²) >= 11 is 3.44. The van der Waals surface area contributed by atoms with E-state index in [0.717, 1.165) is 21.5 Å². The first-order valence-electron chi connectivity index (χ1n) is 6.77. The van der Waals surface area contributed by atoms with Gasteiger partial charge in [-0.25, -0.2) is 13.9 Å². The average molecular weight is 384 g/mol. The lowest BCUT2D eigenvalue weighted by molar-refractivity contribution is -0.139. The third kappa shape index (κ3) is 3.58. The van der Waals surface area contributed by atoms with Crippen LogP contribution in [0.5, 0.6) is 0 Å². The minimum atomic E-state index is -1.55. The topological polar surface area (TPSA) is 84.2 Å². The van der Waals surface area contributed by atoms with Gasteiger partial charge in [0.05, 0.1) is 21.5 Å². The van der Waals surface area contributed by atoms with Crippen LogP contribution < -0.4 is 5.32 Å². The van der Waals surface area contributed by atoms with E-state index in [4.69, 9.17) is 5.11 Å². The Morgan fingerprint density at radius 2 is 1.96 bits per heavy atom.